The van der Waals surface area contributed by atoms with Gasteiger partial charge in [-0.25, -0.2) is 4.98 Å². The van der Waals surface area contributed by atoms with E-state index in [2.05, 4.69) is 4.98 Å². The molecule has 21 heavy (non-hydrogen) atoms. The van der Waals surface area contributed by atoms with E-state index in [9.17, 15) is 9.59 Å². The molecule has 108 valence electrons. The van der Waals surface area contributed by atoms with Crippen LogP contribution in [0.4, 0.5) is 5.82 Å². The molecule has 0 aliphatic carbocycles. The Labute approximate surface area is 122 Å². The number of imide groups is 1. The number of para-hydroxylation sites is 1. The van der Waals surface area contributed by atoms with Crippen molar-refractivity contribution in [2.24, 2.45) is 5.41 Å². The zero-order chi connectivity index (χ0) is 15.2. The summed E-state index contributed by atoms with van der Waals surface area (Å²) in [4.78, 5) is 29.9. The first-order chi connectivity index (χ1) is 9.88. The van der Waals surface area contributed by atoms with E-state index in [1.165, 1.54) is 4.90 Å². The first-order valence-electron chi connectivity index (χ1n) is 6.87. The van der Waals surface area contributed by atoms with Crippen molar-refractivity contribution >= 4 is 28.5 Å². The molecule has 1 fully saturated rings. The monoisotopic (exact) mass is 283 g/mol. The number of nitrogen functional groups attached to an aromatic ring is 1. The van der Waals surface area contributed by atoms with Gasteiger partial charge in [-0.2, -0.15) is 0 Å². The summed E-state index contributed by atoms with van der Waals surface area (Å²) in [5, 5.41) is 0.944. The SMILES string of the molecule is CC1(C)CC(=O)N(Cc2cc3ccccc3nc2N)C1=O. The van der Waals surface area contributed by atoms with Crippen LogP contribution in [0.1, 0.15) is 25.8 Å². The van der Waals surface area contributed by atoms with E-state index < -0.39 is 5.41 Å². The topological polar surface area (TPSA) is 76.3 Å². The fraction of sp³-hybridized carbons (Fsp3) is 0.312. The minimum atomic E-state index is -0.629. The summed E-state index contributed by atoms with van der Waals surface area (Å²) in [7, 11) is 0. The second kappa shape index (κ2) is 4.55. The van der Waals surface area contributed by atoms with Gasteiger partial charge in [-0.05, 0) is 12.1 Å². The average molecular weight is 283 g/mol. The van der Waals surface area contributed by atoms with Gasteiger partial charge in [-0.3, -0.25) is 14.5 Å². The smallest absolute Gasteiger partial charge is 0.235 e. The second-order valence-corrected chi connectivity index (χ2v) is 6.07. The summed E-state index contributed by atoms with van der Waals surface area (Å²) in [6.45, 7) is 3.76. The lowest BCUT2D eigenvalue weighted by molar-refractivity contribution is -0.141. The van der Waals surface area contributed by atoms with Crippen molar-refractivity contribution in [1.29, 1.82) is 0 Å². The third-order valence-electron chi connectivity index (χ3n) is 3.88. The molecule has 2 heterocycles. The highest BCUT2D eigenvalue weighted by atomic mass is 16.2. The first kappa shape index (κ1) is 13.5. The van der Waals surface area contributed by atoms with E-state index >= 15 is 0 Å². The van der Waals surface area contributed by atoms with Crippen molar-refractivity contribution in [2.75, 3.05) is 5.73 Å². The molecule has 0 bridgehead atoms. The van der Waals surface area contributed by atoms with Gasteiger partial charge in [-0.15, -0.1) is 0 Å². The van der Waals surface area contributed by atoms with E-state index in [1.807, 2.05) is 30.3 Å². The van der Waals surface area contributed by atoms with Crippen LogP contribution in [-0.2, 0) is 16.1 Å². The van der Waals surface area contributed by atoms with E-state index in [4.69, 9.17) is 5.73 Å². The zero-order valence-electron chi connectivity index (χ0n) is 12.1. The van der Waals surface area contributed by atoms with Gasteiger partial charge in [0.05, 0.1) is 17.5 Å². The number of likely N-dealkylation sites (tertiary alicyclic amines) is 1. The van der Waals surface area contributed by atoms with Crippen molar-refractivity contribution in [2.45, 2.75) is 26.8 Å². The number of nitrogens with zero attached hydrogens (tertiary/aromatic N) is 2. The average Bonchev–Trinajstić information content (AvgIpc) is 2.61. The van der Waals surface area contributed by atoms with Gasteiger partial charge >= 0.3 is 0 Å². The van der Waals surface area contributed by atoms with Gasteiger partial charge in [0, 0.05) is 17.4 Å². The van der Waals surface area contributed by atoms with Crippen molar-refractivity contribution in [3.05, 3.63) is 35.9 Å². The molecule has 1 aromatic heterocycles. The van der Waals surface area contributed by atoms with Crippen molar-refractivity contribution < 1.29 is 9.59 Å². The van der Waals surface area contributed by atoms with Gasteiger partial charge < -0.3 is 5.73 Å². The van der Waals surface area contributed by atoms with Gasteiger partial charge in [0.1, 0.15) is 5.82 Å². The lowest BCUT2D eigenvalue weighted by Gasteiger charge is -2.18. The molecule has 1 aromatic carbocycles. The van der Waals surface area contributed by atoms with Crippen molar-refractivity contribution in [1.82, 2.24) is 9.88 Å². The first-order valence-corrected chi connectivity index (χ1v) is 6.87. The quantitative estimate of drug-likeness (QED) is 0.856. The van der Waals surface area contributed by atoms with Crippen LogP contribution in [-0.4, -0.2) is 21.7 Å². The molecule has 5 heteroatoms. The van der Waals surface area contributed by atoms with Crippen LogP contribution in [0, 0.1) is 5.41 Å². The molecule has 5 nitrogen and oxygen atoms in total. The van der Waals surface area contributed by atoms with Gasteiger partial charge in [-0.1, -0.05) is 32.0 Å². The number of carbonyl (C=O) groups is 2. The number of aromatic nitrogens is 1. The number of hydrogen-bond donors (Lipinski definition) is 1. The third kappa shape index (κ3) is 2.24. The van der Waals surface area contributed by atoms with Crippen LogP contribution < -0.4 is 5.73 Å². The van der Waals surface area contributed by atoms with Gasteiger partial charge in [0.2, 0.25) is 11.8 Å². The Morgan fingerprint density at radius 3 is 2.67 bits per heavy atom. The molecule has 0 radical (unpaired) electrons. The van der Waals surface area contributed by atoms with Crippen LogP contribution in [0.25, 0.3) is 10.9 Å². The number of pyridine rings is 1. The molecule has 0 saturated carbocycles. The largest absolute Gasteiger partial charge is 0.383 e. The predicted molar refractivity (Wildman–Crippen MR) is 80.1 cm³/mol. The van der Waals surface area contributed by atoms with Gasteiger partial charge in [0.15, 0.2) is 0 Å². The molecule has 0 atom stereocenters. The van der Waals surface area contributed by atoms with Crippen LogP contribution in [0.5, 0.6) is 0 Å². The number of nitrogens with two attached hydrogens (primary N) is 1. The number of rotatable bonds is 2. The Hall–Kier alpha value is -2.43. The summed E-state index contributed by atoms with van der Waals surface area (Å²) >= 11 is 0. The molecule has 0 unspecified atom stereocenters. The normalized spacial score (nSPS) is 17.7. The zero-order valence-corrected chi connectivity index (χ0v) is 12.1. The Morgan fingerprint density at radius 1 is 1.29 bits per heavy atom. The highest BCUT2D eigenvalue weighted by molar-refractivity contribution is 6.05. The summed E-state index contributed by atoms with van der Waals surface area (Å²) < 4.78 is 0. The molecule has 2 aromatic rings. The molecule has 2 amide bonds. The Bertz CT molecular complexity index is 752. The van der Waals surface area contributed by atoms with Crippen LogP contribution in [0.15, 0.2) is 30.3 Å². The maximum absolute atomic E-state index is 12.3. The standard InChI is InChI=1S/C16H17N3O2/c1-16(2)8-13(20)19(15(16)21)9-11-7-10-5-3-4-6-12(10)18-14(11)17/h3-7H,8-9H2,1-2H3,(H2,17,18). The molecule has 0 spiro atoms. The van der Waals surface area contributed by atoms with Crippen molar-refractivity contribution in [3.8, 4) is 0 Å². The van der Waals surface area contributed by atoms with Crippen LogP contribution in [0.3, 0.4) is 0 Å². The Balaban J connectivity index is 1.97. The number of fused-ring (bicyclic) bond motifs is 1. The molecule has 2 N–H and O–H groups in total. The van der Waals surface area contributed by atoms with E-state index in [0.29, 0.717) is 11.4 Å². The van der Waals surface area contributed by atoms with Crippen molar-refractivity contribution in [3.63, 3.8) is 0 Å². The number of anilines is 1. The fourth-order valence-corrected chi connectivity index (χ4v) is 2.66. The number of hydrogen-bond acceptors (Lipinski definition) is 4. The highest BCUT2D eigenvalue weighted by Gasteiger charge is 2.44. The molecule has 1 aliphatic rings. The number of amides is 2. The second-order valence-electron chi connectivity index (χ2n) is 6.07. The van der Waals surface area contributed by atoms with Gasteiger partial charge in [0.25, 0.3) is 0 Å². The maximum atomic E-state index is 12.3. The molecular weight excluding hydrogens is 266 g/mol. The van der Waals surface area contributed by atoms with E-state index in [1.54, 1.807) is 13.8 Å². The number of carbonyl (C=O) groups excluding carboxylic acids is 2. The number of benzene rings is 1. The van der Waals surface area contributed by atoms with Crippen LogP contribution >= 0.6 is 0 Å². The maximum Gasteiger partial charge on any atom is 0.235 e. The molecule has 1 aliphatic heterocycles. The molecule has 3 rings (SSSR count). The summed E-state index contributed by atoms with van der Waals surface area (Å²) in [6.07, 6.45) is 0.243. The summed E-state index contributed by atoms with van der Waals surface area (Å²) in [5.41, 5.74) is 6.84. The Kier molecular flexibility index (Phi) is 2.93. The predicted octanol–water partition coefficient (Wildman–Crippen LogP) is 2.10. The Morgan fingerprint density at radius 2 is 2.00 bits per heavy atom. The van der Waals surface area contributed by atoms with Crippen LogP contribution in [0.2, 0.25) is 0 Å². The lowest BCUT2D eigenvalue weighted by atomic mass is 9.92. The summed E-state index contributed by atoms with van der Waals surface area (Å²) in [5.74, 6) is 0.0524. The molecule has 1 saturated heterocycles. The highest BCUT2D eigenvalue weighted by Crippen LogP contribution is 2.33. The minimum absolute atomic E-state index is 0.153. The minimum Gasteiger partial charge on any atom is -0.383 e. The lowest BCUT2D eigenvalue weighted by Crippen LogP contribution is -2.32. The molecular formula is C16H17N3O2. The van der Waals surface area contributed by atoms with E-state index in [-0.39, 0.29) is 24.8 Å². The third-order valence-corrected chi connectivity index (χ3v) is 3.88. The fourth-order valence-electron chi connectivity index (χ4n) is 2.66. The summed E-state index contributed by atoms with van der Waals surface area (Å²) in [6, 6.07) is 9.51. The van der Waals surface area contributed by atoms with E-state index in [0.717, 1.165) is 10.9 Å².